The number of fused-ring (bicyclic) bond motifs is 1. The van der Waals surface area contributed by atoms with E-state index >= 15 is 0 Å². The van der Waals surface area contributed by atoms with Crippen LogP contribution in [0.1, 0.15) is 0 Å². The maximum Gasteiger partial charge on any atom is 0.222 e. The second-order valence-corrected chi connectivity index (χ2v) is 3.22. The zero-order valence-corrected chi connectivity index (χ0v) is 8.04. The third kappa shape index (κ3) is 1.65. The highest BCUT2D eigenvalue weighted by Gasteiger charge is 1.98. The van der Waals surface area contributed by atoms with Crippen molar-refractivity contribution in [3.05, 3.63) is 29.7 Å². The molecule has 0 spiro atoms. The quantitative estimate of drug-likeness (QED) is 0.502. The normalized spacial score (nSPS) is 10.3. The van der Waals surface area contributed by atoms with E-state index in [2.05, 4.69) is 28.9 Å². The van der Waals surface area contributed by atoms with Gasteiger partial charge in [-0.15, -0.1) is 0 Å². The molecule has 2 aromatic rings. The number of rotatable bonds is 1. The summed E-state index contributed by atoms with van der Waals surface area (Å²) in [6, 6.07) is 6.12. The van der Waals surface area contributed by atoms with Gasteiger partial charge in [-0.2, -0.15) is 0 Å². The number of nitrogens with zero attached hydrogens (tertiary/aromatic N) is 2. The number of halogens is 1. The summed E-state index contributed by atoms with van der Waals surface area (Å²) in [4.78, 5) is 8.04. The number of hydrogen-bond acceptors (Lipinski definition) is 2. The van der Waals surface area contributed by atoms with E-state index in [9.17, 15) is 0 Å². The van der Waals surface area contributed by atoms with E-state index in [1.54, 1.807) is 6.20 Å². The first-order chi connectivity index (χ1) is 6.29. The zero-order valence-electron chi connectivity index (χ0n) is 7.29. The van der Waals surface area contributed by atoms with Crippen LogP contribution in [0, 0.1) is 0 Å². The van der Waals surface area contributed by atoms with Crippen molar-refractivity contribution in [2.24, 2.45) is 0 Å². The fraction of sp³-hybridized carbons (Fsp3) is 0.111. The highest BCUT2D eigenvalue weighted by molar-refractivity contribution is 6.52. The highest BCUT2D eigenvalue weighted by atomic mass is 35.5. The Morgan fingerprint density at radius 2 is 2.23 bits per heavy atom. The van der Waals surface area contributed by atoms with Crippen LogP contribution in [0.2, 0.25) is 12.1 Å². The number of hydrogen-bond donors (Lipinski definition) is 0. The molecule has 0 bridgehead atoms. The lowest BCUT2D eigenvalue weighted by molar-refractivity contribution is 1.22. The average Bonchev–Trinajstić information content (AvgIpc) is 2.17. The third-order valence-corrected chi connectivity index (χ3v) is 2.21. The molecular formula is C9H8BClN2. The molecule has 1 aromatic heterocycles. The molecule has 4 heteroatoms. The van der Waals surface area contributed by atoms with Crippen molar-refractivity contribution < 1.29 is 0 Å². The van der Waals surface area contributed by atoms with Crippen molar-refractivity contribution in [2.45, 2.75) is 6.82 Å². The monoisotopic (exact) mass is 190 g/mol. The molecule has 0 aliphatic rings. The number of aromatic nitrogens is 2. The van der Waals surface area contributed by atoms with Gasteiger partial charge in [-0.1, -0.05) is 24.4 Å². The molecule has 0 fully saturated rings. The molecule has 0 saturated carbocycles. The average molecular weight is 190 g/mol. The largest absolute Gasteiger partial charge is 0.226 e. The van der Waals surface area contributed by atoms with Crippen LogP contribution in [-0.2, 0) is 0 Å². The zero-order chi connectivity index (χ0) is 9.26. The number of benzene rings is 1. The van der Waals surface area contributed by atoms with Crippen LogP contribution >= 0.6 is 11.6 Å². The van der Waals surface area contributed by atoms with Gasteiger partial charge in [-0.05, 0) is 17.7 Å². The van der Waals surface area contributed by atoms with Gasteiger partial charge >= 0.3 is 0 Å². The maximum atomic E-state index is 5.67. The fourth-order valence-electron chi connectivity index (χ4n) is 1.28. The topological polar surface area (TPSA) is 25.8 Å². The Hall–Kier alpha value is -1.09. The molecule has 0 radical (unpaired) electrons. The van der Waals surface area contributed by atoms with E-state index in [0.29, 0.717) is 5.28 Å². The SMILES string of the molecule is CBc1ccc2nc(Cl)ncc2c1. The Morgan fingerprint density at radius 1 is 1.38 bits per heavy atom. The standard InChI is InChI=1S/C9H8BClN2/c1-10-7-2-3-8-6(4-7)5-12-9(11)13-8/h2-5,10H,1H3. The van der Waals surface area contributed by atoms with Gasteiger partial charge < -0.3 is 0 Å². The Morgan fingerprint density at radius 3 is 3.00 bits per heavy atom. The lowest BCUT2D eigenvalue weighted by Gasteiger charge is -1.99. The van der Waals surface area contributed by atoms with Crippen molar-refractivity contribution in [3.8, 4) is 0 Å². The Labute approximate surface area is 82.2 Å². The molecule has 0 aliphatic carbocycles. The first kappa shape index (κ1) is 8.51. The fourth-order valence-corrected chi connectivity index (χ4v) is 1.42. The van der Waals surface area contributed by atoms with Gasteiger partial charge in [0.25, 0.3) is 0 Å². The van der Waals surface area contributed by atoms with Crippen LogP contribution in [0.5, 0.6) is 0 Å². The lowest BCUT2D eigenvalue weighted by atomic mass is 9.73. The molecule has 2 rings (SSSR count). The van der Waals surface area contributed by atoms with E-state index < -0.39 is 0 Å². The summed E-state index contributed by atoms with van der Waals surface area (Å²) < 4.78 is 0. The molecule has 0 N–H and O–H groups in total. The molecule has 1 aromatic carbocycles. The van der Waals surface area contributed by atoms with Gasteiger partial charge in [0.2, 0.25) is 5.28 Å². The third-order valence-electron chi connectivity index (χ3n) is 2.02. The molecule has 0 saturated heterocycles. The summed E-state index contributed by atoms with van der Waals surface area (Å²) in [5.41, 5.74) is 2.19. The summed E-state index contributed by atoms with van der Waals surface area (Å²) in [5, 5.41) is 1.35. The summed E-state index contributed by atoms with van der Waals surface area (Å²) in [6.45, 7) is 2.12. The van der Waals surface area contributed by atoms with E-state index in [1.165, 1.54) is 5.46 Å². The molecule has 64 valence electrons. The minimum Gasteiger partial charge on any atom is -0.226 e. The summed E-state index contributed by atoms with van der Waals surface area (Å²) in [7, 11) is 1.03. The predicted octanol–water partition coefficient (Wildman–Crippen LogP) is 1.39. The minimum atomic E-state index is 0.303. The molecule has 0 atom stereocenters. The van der Waals surface area contributed by atoms with Crippen molar-refractivity contribution in [1.82, 2.24) is 9.97 Å². The minimum absolute atomic E-state index is 0.303. The van der Waals surface area contributed by atoms with Crippen LogP contribution in [0.25, 0.3) is 10.9 Å². The van der Waals surface area contributed by atoms with E-state index in [-0.39, 0.29) is 0 Å². The first-order valence-corrected chi connectivity index (χ1v) is 4.58. The lowest BCUT2D eigenvalue weighted by Crippen LogP contribution is -2.09. The Kier molecular flexibility index (Phi) is 2.19. The first-order valence-electron chi connectivity index (χ1n) is 4.21. The molecule has 1 heterocycles. The predicted molar refractivity (Wildman–Crippen MR) is 57.2 cm³/mol. The second kappa shape index (κ2) is 3.34. The molecular weight excluding hydrogens is 182 g/mol. The molecule has 2 nitrogen and oxygen atoms in total. The Balaban J connectivity index is 2.66. The summed E-state index contributed by atoms with van der Waals surface area (Å²) in [6.07, 6.45) is 1.75. The molecule has 0 amide bonds. The van der Waals surface area contributed by atoms with E-state index in [4.69, 9.17) is 11.6 Å². The summed E-state index contributed by atoms with van der Waals surface area (Å²) >= 11 is 5.67. The smallest absolute Gasteiger partial charge is 0.222 e. The van der Waals surface area contributed by atoms with Gasteiger partial charge in [0.1, 0.15) is 0 Å². The van der Waals surface area contributed by atoms with Crippen molar-refractivity contribution >= 4 is 35.2 Å². The van der Waals surface area contributed by atoms with Gasteiger partial charge in [0, 0.05) is 11.6 Å². The van der Waals surface area contributed by atoms with Crippen LogP contribution in [0.15, 0.2) is 24.4 Å². The van der Waals surface area contributed by atoms with Crippen molar-refractivity contribution in [2.75, 3.05) is 0 Å². The highest BCUT2D eigenvalue weighted by Crippen LogP contribution is 2.10. The molecule has 13 heavy (non-hydrogen) atoms. The van der Waals surface area contributed by atoms with Gasteiger partial charge in [0.15, 0.2) is 7.28 Å². The van der Waals surface area contributed by atoms with Gasteiger partial charge in [-0.25, -0.2) is 9.97 Å². The van der Waals surface area contributed by atoms with E-state index in [0.717, 1.165) is 18.2 Å². The molecule has 0 aliphatic heterocycles. The van der Waals surface area contributed by atoms with Crippen molar-refractivity contribution in [3.63, 3.8) is 0 Å². The van der Waals surface area contributed by atoms with Gasteiger partial charge in [-0.3, -0.25) is 0 Å². The van der Waals surface area contributed by atoms with Crippen LogP contribution in [-0.4, -0.2) is 17.2 Å². The Bertz CT molecular complexity index is 445. The van der Waals surface area contributed by atoms with Crippen LogP contribution in [0.4, 0.5) is 0 Å². The molecule has 0 unspecified atom stereocenters. The second-order valence-electron chi connectivity index (χ2n) is 2.89. The van der Waals surface area contributed by atoms with Crippen LogP contribution in [0.3, 0.4) is 0 Å². The van der Waals surface area contributed by atoms with E-state index in [1.807, 2.05) is 6.07 Å². The van der Waals surface area contributed by atoms with Gasteiger partial charge in [0.05, 0.1) is 5.52 Å². The summed E-state index contributed by atoms with van der Waals surface area (Å²) in [5.74, 6) is 0. The van der Waals surface area contributed by atoms with Crippen molar-refractivity contribution in [1.29, 1.82) is 0 Å². The van der Waals surface area contributed by atoms with Crippen LogP contribution < -0.4 is 5.46 Å². The maximum absolute atomic E-state index is 5.67.